The van der Waals surface area contributed by atoms with E-state index in [1.54, 1.807) is 0 Å². The van der Waals surface area contributed by atoms with Crippen LogP contribution in [0.4, 0.5) is 40.9 Å². The van der Waals surface area contributed by atoms with Crippen LogP contribution in [0.1, 0.15) is 91.8 Å². The van der Waals surface area contributed by atoms with Crippen molar-refractivity contribution in [2.45, 2.75) is 99.8 Å². The summed E-state index contributed by atoms with van der Waals surface area (Å²) >= 11 is 6.63. The van der Waals surface area contributed by atoms with E-state index in [1.165, 1.54) is 38.1 Å². The number of benzene rings is 2. The third-order valence-corrected chi connectivity index (χ3v) is 16.1. The monoisotopic (exact) mass is 971 g/mol. The van der Waals surface area contributed by atoms with E-state index in [0.717, 1.165) is 23.1 Å². The maximum atomic E-state index is 15.8. The first-order valence-electron chi connectivity index (χ1n) is 20.1. The number of carbonyl (C=O) groups is 1. The molecule has 0 aliphatic heterocycles. The Kier molecular flexibility index (Phi) is 11.8. The number of sulfone groups is 1. The van der Waals surface area contributed by atoms with E-state index in [9.17, 15) is 48.0 Å². The Bertz CT molecular complexity index is 3040. The zero-order valence-corrected chi connectivity index (χ0v) is 36.8. The summed E-state index contributed by atoms with van der Waals surface area (Å²) in [5.41, 5.74) is -2.58. The van der Waals surface area contributed by atoms with Crippen LogP contribution in [0, 0.1) is 29.4 Å². The molecule has 2 fully saturated rings. The molecule has 23 heteroatoms. The van der Waals surface area contributed by atoms with Crippen LogP contribution < -0.4 is 10.0 Å². The maximum Gasteiger partial charge on any atom is 0.293 e. The van der Waals surface area contributed by atoms with E-state index in [0.29, 0.717) is 23.6 Å². The second-order valence-electron chi connectivity index (χ2n) is 16.9. The van der Waals surface area contributed by atoms with Crippen molar-refractivity contribution in [3.05, 3.63) is 93.0 Å². The van der Waals surface area contributed by atoms with Crippen LogP contribution in [0.3, 0.4) is 0 Å². The van der Waals surface area contributed by atoms with Gasteiger partial charge in [-0.1, -0.05) is 23.6 Å². The highest BCUT2D eigenvalue weighted by molar-refractivity contribution is 7.93. The minimum atomic E-state index is -4.04. The molecule has 3 aliphatic rings. The van der Waals surface area contributed by atoms with Gasteiger partial charge in [-0.25, -0.2) is 48.2 Å². The Labute approximate surface area is 372 Å². The lowest BCUT2D eigenvalue weighted by molar-refractivity contribution is -0.123. The lowest BCUT2D eigenvalue weighted by Crippen LogP contribution is -2.36. The van der Waals surface area contributed by atoms with Gasteiger partial charge in [-0.2, -0.15) is 19.0 Å². The summed E-state index contributed by atoms with van der Waals surface area (Å²) in [6, 6.07) is 6.28. The van der Waals surface area contributed by atoms with Crippen LogP contribution in [0.5, 0.6) is 0 Å². The summed E-state index contributed by atoms with van der Waals surface area (Å²) in [5, 5.41) is 9.56. The minimum absolute atomic E-state index is 0.00291. The number of carbonyl (C=O) groups excluding carboxylic acids is 1. The number of hydrogen-bond donors (Lipinski definition) is 2. The smallest absolute Gasteiger partial charge is 0.293 e. The standard InChI is InChI=1S/C42H38ClF8N7O5S2/c1-41(2,64(3,60)61)13-12-23-4-7-25(26-9-11-29(43)34-37(26)57(18-31(46)47)55-40(34)56-65(62,63)24-5-6-24)35(52-23)30(16-20-14-21(44)17-22(45)15-20)53-32(59)19-58-38-33(36(54-58)39(48)49)27-8-10-28(27)42(38,50)51/h4,7,9,11,14-15,17,24,27-28,30-31,39H,5-6,8,10,16,18-19H2,1-3H3,(H,53,59)(H,55,56)/t27-,28+,30?/m0/s1. The molecule has 0 bridgehead atoms. The molecule has 2 aromatic carbocycles. The molecule has 0 radical (unpaired) electrons. The highest BCUT2D eigenvalue weighted by atomic mass is 35.5. The third kappa shape index (κ3) is 8.78. The van der Waals surface area contributed by atoms with Crippen LogP contribution >= 0.6 is 11.6 Å². The Morgan fingerprint density at radius 2 is 1.62 bits per heavy atom. The predicted molar refractivity (Wildman–Crippen MR) is 223 cm³/mol. The second kappa shape index (κ2) is 16.6. The van der Waals surface area contributed by atoms with E-state index < -0.39 is 115 Å². The number of nitrogens with zero attached hydrogens (tertiary/aromatic N) is 5. The van der Waals surface area contributed by atoms with E-state index >= 15 is 8.78 Å². The van der Waals surface area contributed by atoms with E-state index in [1.807, 2.05) is 0 Å². The lowest BCUT2D eigenvalue weighted by Gasteiger charge is -2.34. The summed E-state index contributed by atoms with van der Waals surface area (Å²) in [7, 11) is -7.83. The SMILES string of the molecule is CC(C)(C#Cc1ccc(-c2ccc(Cl)c3c(NS(=O)(=O)C4CC4)nn(CC(F)F)c23)c(C(Cc2cc(F)cc(F)c2)NC(=O)Cn2nc(C(F)F)c3c2C(F)(F)[C@@H]2CC[C@H]32)n1)S(C)(=O)=O. The molecule has 2 saturated carbocycles. The van der Waals surface area contributed by atoms with Crippen LogP contribution in [-0.2, 0) is 50.1 Å². The highest BCUT2D eigenvalue weighted by Gasteiger charge is 2.62. The molecule has 12 nitrogen and oxygen atoms in total. The van der Waals surface area contributed by atoms with Crippen LogP contribution in [0.2, 0.25) is 5.02 Å². The number of halogens is 9. The average Bonchev–Trinajstić information content (AvgIpc) is 3.86. The van der Waals surface area contributed by atoms with Gasteiger partial charge in [-0.15, -0.1) is 0 Å². The number of sulfonamides is 1. The number of hydrogen-bond acceptors (Lipinski definition) is 8. The summed E-state index contributed by atoms with van der Waals surface area (Å²) in [5.74, 6) is -3.98. The zero-order chi connectivity index (χ0) is 47.1. The fourth-order valence-electron chi connectivity index (χ4n) is 8.27. The second-order valence-corrected chi connectivity index (χ2v) is 21.8. The third-order valence-electron chi connectivity index (χ3n) is 12.0. The molecule has 3 aromatic heterocycles. The number of nitrogens with one attached hydrogen (secondary N) is 2. The van der Waals surface area contributed by atoms with Gasteiger partial charge in [0.05, 0.1) is 32.9 Å². The molecule has 346 valence electrons. The molecule has 1 unspecified atom stereocenters. The number of anilines is 1. The minimum Gasteiger partial charge on any atom is -0.346 e. The van der Waals surface area contributed by atoms with Gasteiger partial charge < -0.3 is 5.32 Å². The summed E-state index contributed by atoms with van der Waals surface area (Å²) in [4.78, 5) is 18.8. The van der Waals surface area contributed by atoms with Crippen molar-refractivity contribution in [2.24, 2.45) is 5.92 Å². The Hall–Kier alpha value is -5.27. The van der Waals surface area contributed by atoms with Gasteiger partial charge in [-0.05, 0) is 93.7 Å². The van der Waals surface area contributed by atoms with Crippen molar-refractivity contribution in [1.82, 2.24) is 29.9 Å². The van der Waals surface area contributed by atoms with Gasteiger partial charge in [0.15, 0.2) is 15.7 Å². The molecule has 65 heavy (non-hydrogen) atoms. The first-order valence-corrected chi connectivity index (χ1v) is 23.9. The first kappa shape index (κ1) is 46.3. The molecular weight excluding hydrogens is 934 g/mol. The van der Waals surface area contributed by atoms with Crippen molar-refractivity contribution in [2.75, 3.05) is 11.0 Å². The van der Waals surface area contributed by atoms with Crippen LogP contribution in [0.25, 0.3) is 22.0 Å². The Balaban J connectivity index is 1.32. The molecule has 5 aromatic rings. The molecule has 3 heterocycles. The molecule has 1 amide bonds. The fourth-order valence-corrected chi connectivity index (χ4v) is 10.1. The summed E-state index contributed by atoms with van der Waals surface area (Å²) < 4.78 is 171. The van der Waals surface area contributed by atoms with Gasteiger partial charge in [-0.3, -0.25) is 18.9 Å². The average molecular weight is 972 g/mol. The molecule has 2 N–H and O–H groups in total. The number of amides is 1. The van der Waals surface area contributed by atoms with Crippen molar-refractivity contribution in [3.8, 4) is 23.0 Å². The van der Waals surface area contributed by atoms with Gasteiger partial charge in [0.25, 0.3) is 18.8 Å². The number of rotatable bonds is 14. The van der Waals surface area contributed by atoms with Crippen LogP contribution in [-0.4, -0.2) is 70.0 Å². The zero-order valence-electron chi connectivity index (χ0n) is 34.5. The van der Waals surface area contributed by atoms with Gasteiger partial charge in [0.1, 0.15) is 46.6 Å². The molecular formula is C42H38ClF8N7O5S2. The first-order chi connectivity index (χ1) is 30.4. The normalized spacial score (nSPS) is 18.6. The van der Waals surface area contributed by atoms with Crippen molar-refractivity contribution < 1.29 is 56.8 Å². The molecule has 8 rings (SSSR count). The van der Waals surface area contributed by atoms with E-state index in [2.05, 4.69) is 37.1 Å². The molecule has 0 saturated heterocycles. The topological polar surface area (TPSA) is 158 Å². The van der Waals surface area contributed by atoms with E-state index in [4.69, 9.17) is 11.6 Å². The van der Waals surface area contributed by atoms with E-state index in [-0.39, 0.29) is 68.2 Å². The lowest BCUT2D eigenvalue weighted by atomic mass is 9.73. The van der Waals surface area contributed by atoms with Crippen LogP contribution in [0.15, 0.2) is 42.5 Å². The van der Waals surface area contributed by atoms with Crippen molar-refractivity contribution in [1.29, 1.82) is 0 Å². The van der Waals surface area contributed by atoms with Gasteiger partial charge in [0.2, 0.25) is 15.9 Å². The van der Waals surface area contributed by atoms with Gasteiger partial charge in [0, 0.05) is 34.9 Å². The fraction of sp³-hybridized carbons (Fsp3) is 0.429. The predicted octanol–water partition coefficient (Wildman–Crippen LogP) is 8.21. The summed E-state index contributed by atoms with van der Waals surface area (Å²) in [6.45, 7) is 0.546. The van der Waals surface area contributed by atoms with Crippen molar-refractivity contribution >= 4 is 54.1 Å². The number of alkyl halides is 6. The highest BCUT2D eigenvalue weighted by Crippen LogP contribution is 2.63. The largest absolute Gasteiger partial charge is 0.346 e. The molecule has 3 aliphatic carbocycles. The Morgan fingerprint density at radius 1 is 0.938 bits per heavy atom. The maximum absolute atomic E-state index is 15.8. The number of pyridine rings is 1. The number of fused-ring (bicyclic) bond motifs is 4. The molecule has 0 spiro atoms. The quantitative estimate of drug-likeness (QED) is 0.0833. The van der Waals surface area contributed by atoms with Crippen molar-refractivity contribution in [3.63, 3.8) is 0 Å². The molecule has 3 atom stereocenters. The van der Waals surface area contributed by atoms with Gasteiger partial charge >= 0.3 is 0 Å². The number of aromatic nitrogens is 5. The Morgan fingerprint density at radius 3 is 2.22 bits per heavy atom. The summed E-state index contributed by atoms with van der Waals surface area (Å²) in [6.07, 6.45) is -4.88.